The van der Waals surface area contributed by atoms with Crippen molar-refractivity contribution in [3.05, 3.63) is 63.3 Å². The fraction of sp³-hybridized carbons (Fsp3) is 0.567. The SMILES string of the molecule is CC(C)=CCC/C(C)=C/CC/C(C)=C/CC/C(C)=C/CC(OP(=O)(O)OP(=O)(O)OP(=O)(O)O)[C@H]1O[C@@H](n2cnc3c(=O)[nH]c(N)nc32)[C@H](O)[C@@H]1O. The maximum atomic E-state index is 12.9. The Morgan fingerprint density at radius 1 is 0.904 bits per heavy atom. The van der Waals surface area contributed by atoms with Gasteiger partial charge in [-0.25, -0.2) is 18.7 Å². The predicted octanol–water partition coefficient (Wildman–Crippen LogP) is 4.57. The second kappa shape index (κ2) is 18.6. The van der Waals surface area contributed by atoms with Crippen LogP contribution in [0.1, 0.15) is 85.8 Å². The lowest BCUT2D eigenvalue weighted by molar-refractivity contribution is -0.0798. The molecular weight excluding hydrogens is 747 g/mol. The van der Waals surface area contributed by atoms with Gasteiger partial charge in [0.25, 0.3) is 5.56 Å². The molecule has 52 heavy (non-hydrogen) atoms. The van der Waals surface area contributed by atoms with Gasteiger partial charge in [0, 0.05) is 0 Å². The van der Waals surface area contributed by atoms with E-state index in [-0.39, 0.29) is 23.5 Å². The number of hydrogen-bond donors (Lipinski definition) is 8. The number of nitrogen functional groups attached to an aromatic ring is 1. The quantitative estimate of drug-likeness (QED) is 0.0713. The van der Waals surface area contributed by atoms with Gasteiger partial charge in [0.15, 0.2) is 17.4 Å². The molecule has 1 saturated heterocycles. The number of nitrogens with zero attached hydrogens (tertiary/aromatic N) is 3. The molecule has 9 N–H and O–H groups in total. The summed E-state index contributed by atoms with van der Waals surface area (Å²) in [6.45, 7) is 10.1. The predicted molar refractivity (Wildman–Crippen MR) is 190 cm³/mol. The number of H-pyrrole nitrogens is 1. The topological polar surface area (TPSA) is 299 Å². The summed E-state index contributed by atoms with van der Waals surface area (Å²) in [5.74, 6) is -0.280. The van der Waals surface area contributed by atoms with Gasteiger partial charge >= 0.3 is 23.5 Å². The zero-order valence-electron chi connectivity index (χ0n) is 29.4. The average Bonchev–Trinajstić information content (AvgIpc) is 3.53. The van der Waals surface area contributed by atoms with E-state index in [0.717, 1.165) is 42.2 Å². The number of imidazole rings is 1. The third-order valence-corrected chi connectivity index (χ3v) is 11.8. The van der Waals surface area contributed by atoms with Gasteiger partial charge in [-0.3, -0.25) is 18.9 Å². The number of allylic oxidation sites excluding steroid dienone is 7. The molecule has 2 aromatic rings. The van der Waals surface area contributed by atoms with Gasteiger partial charge < -0.3 is 40.3 Å². The Labute approximate surface area is 300 Å². The van der Waals surface area contributed by atoms with Crippen LogP contribution in [-0.4, -0.2) is 73.7 Å². The van der Waals surface area contributed by atoms with Crippen LogP contribution in [-0.2, 0) is 31.6 Å². The number of aromatic amines is 1. The number of rotatable bonds is 19. The number of phosphoric ester groups is 1. The van der Waals surface area contributed by atoms with Gasteiger partial charge in [0.2, 0.25) is 5.95 Å². The van der Waals surface area contributed by atoms with Crippen molar-refractivity contribution in [1.82, 2.24) is 19.5 Å². The molecule has 22 heteroatoms. The molecule has 7 atom stereocenters. The summed E-state index contributed by atoms with van der Waals surface area (Å²) >= 11 is 0. The molecule has 3 unspecified atom stereocenters. The number of nitrogens with one attached hydrogen (secondary N) is 1. The molecule has 0 aliphatic carbocycles. The highest BCUT2D eigenvalue weighted by atomic mass is 31.3. The smallest absolute Gasteiger partial charge is 0.387 e. The molecule has 0 amide bonds. The fourth-order valence-corrected chi connectivity index (χ4v) is 8.57. The number of fused-ring (bicyclic) bond motifs is 1. The molecule has 2 aromatic heterocycles. The minimum atomic E-state index is -5.87. The fourth-order valence-electron chi connectivity index (χ4n) is 5.36. The number of aromatic nitrogens is 4. The molecule has 1 aliphatic rings. The molecule has 0 bridgehead atoms. The van der Waals surface area contributed by atoms with Gasteiger partial charge in [-0.1, -0.05) is 46.6 Å². The number of aliphatic hydroxyl groups excluding tert-OH is 2. The Bertz CT molecular complexity index is 1880. The summed E-state index contributed by atoms with van der Waals surface area (Å²) < 4.78 is 55.8. The standard InChI is InChI=1S/C30H48N5O14P3/c1-18(2)9-6-10-19(3)11-7-12-20(4)13-8-14-21(5)15-16-22(47-51(42,43)49-52(44,45)48-50(39,40)41)26-24(36)25(37)29(46-26)35-17-32-23-27(35)33-30(31)34-28(23)38/h9,11,13,15,17,22,24-26,29,36-37H,6-8,10,12,14,16H2,1-5H3,(H,42,43)(H,44,45)(H2,39,40,41)(H3,31,33,34,38)/b19-11+,20-13+,21-15+/t22?,24-,25+,26+,29+/m0/s1. The molecule has 3 rings (SSSR count). The second-order valence-electron chi connectivity index (χ2n) is 12.8. The van der Waals surface area contributed by atoms with Gasteiger partial charge in [-0.15, -0.1) is 0 Å². The van der Waals surface area contributed by atoms with Crippen molar-refractivity contribution >= 4 is 40.6 Å². The third kappa shape index (κ3) is 13.7. The van der Waals surface area contributed by atoms with Crippen LogP contribution < -0.4 is 11.3 Å². The minimum absolute atomic E-state index is 0.118. The first-order valence-electron chi connectivity index (χ1n) is 16.2. The monoisotopic (exact) mass is 795 g/mol. The first-order chi connectivity index (χ1) is 24.1. The van der Waals surface area contributed by atoms with Crippen molar-refractivity contribution in [2.45, 2.75) is 110 Å². The second-order valence-corrected chi connectivity index (χ2v) is 17.1. The number of phosphoric acid groups is 3. The van der Waals surface area contributed by atoms with Gasteiger partial charge in [-0.05, 0) is 79.6 Å². The van der Waals surface area contributed by atoms with Crippen LogP contribution in [0.25, 0.3) is 11.2 Å². The van der Waals surface area contributed by atoms with Gasteiger partial charge in [0.1, 0.15) is 24.4 Å². The highest BCUT2D eigenvalue weighted by Crippen LogP contribution is 2.67. The lowest BCUT2D eigenvalue weighted by Gasteiger charge is -2.27. The van der Waals surface area contributed by atoms with E-state index >= 15 is 0 Å². The zero-order valence-corrected chi connectivity index (χ0v) is 32.1. The van der Waals surface area contributed by atoms with Crippen LogP contribution in [0.2, 0.25) is 0 Å². The molecule has 1 fully saturated rings. The van der Waals surface area contributed by atoms with Crippen LogP contribution in [0, 0.1) is 0 Å². The number of nitrogens with two attached hydrogens (primary N) is 1. The highest BCUT2D eigenvalue weighted by Gasteiger charge is 2.51. The number of anilines is 1. The van der Waals surface area contributed by atoms with Crippen LogP contribution in [0.4, 0.5) is 5.95 Å². The van der Waals surface area contributed by atoms with Crippen molar-refractivity contribution < 1.29 is 61.4 Å². The van der Waals surface area contributed by atoms with E-state index in [1.54, 1.807) is 13.0 Å². The third-order valence-electron chi connectivity index (χ3n) is 7.90. The summed E-state index contributed by atoms with van der Waals surface area (Å²) in [5.41, 5.74) is 9.27. The number of ether oxygens (including phenoxy) is 1. The Kier molecular flexibility index (Phi) is 15.7. The van der Waals surface area contributed by atoms with E-state index in [1.165, 1.54) is 16.7 Å². The van der Waals surface area contributed by atoms with E-state index in [2.05, 4.69) is 62.6 Å². The van der Waals surface area contributed by atoms with E-state index < -0.39 is 59.7 Å². The lowest BCUT2D eigenvalue weighted by atomic mass is 10.0. The molecule has 1 aliphatic heterocycles. The van der Waals surface area contributed by atoms with E-state index in [4.69, 9.17) is 24.8 Å². The Morgan fingerprint density at radius 3 is 2.02 bits per heavy atom. The molecule has 0 aromatic carbocycles. The van der Waals surface area contributed by atoms with Crippen molar-refractivity contribution in [1.29, 1.82) is 0 Å². The average molecular weight is 796 g/mol. The lowest BCUT2D eigenvalue weighted by Crippen LogP contribution is -2.39. The van der Waals surface area contributed by atoms with Gasteiger partial charge in [0.05, 0.1) is 6.33 Å². The van der Waals surface area contributed by atoms with Gasteiger partial charge in [-0.2, -0.15) is 13.6 Å². The van der Waals surface area contributed by atoms with Crippen LogP contribution >= 0.6 is 23.5 Å². The molecule has 0 spiro atoms. The summed E-state index contributed by atoms with van der Waals surface area (Å²) in [4.78, 5) is 60.3. The molecular formula is C30H48N5O14P3. The molecule has 292 valence electrons. The highest BCUT2D eigenvalue weighted by molar-refractivity contribution is 7.66. The van der Waals surface area contributed by atoms with E-state index in [1.807, 2.05) is 6.92 Å². The summed E-state index contributed by atoms with van der Waals surface area (Å²) in [7, 11) is -17.2. The maximum absolute atomic E-state index is 12.9. The number of hydrogen-bond acceptors (Lipinski definition) is 13. The van der Waals surface area contributed by atoms with Crippen molar-refractivity contribution in [3.8, 4) is 0 Å². The first kappa shape index (κ1) is 43.8. The summed E-state index contributed by atoms with van der Waals surface area (Å²) in [6, 6.07) is 0. The zero-order chi connectivity index (χ0) is 39.0. The minimum Gasteiger partial charge on any atom is -0.387 e. The Hall–Kier alpha value is -2.60. The maximum Gasteiger partial charge on any atom is 0.490 e. The Balaban J connectivity index is 1.77. The summed E-state index contributed by atoms with van der Waals surface area (Å²) in [5, 5.41) is 22.0. The largest absolute Gasteiger partial charge is 0.490 e. The van der Waals surface area contributed by atoms with Crippen LogP contribution in [0.5, 0.6) is 0 Å². The van der Waals surface area contributed by atoms with Crippen molar-refractivity contribution in [3.63, 3.8) is 0 Å². The molecule has 19 nitrogen and oxygen atoms in total. The van der Waals surface area contributed by atoms with Crippen LogP contribution in [0.3, 0.4) is 0 Å². The summed E-state index contributed by atoms with van der Waals surface area (Å²) in [6.07, 6.45) is 5.59. The van der Waals surface area contributed by atoms with Crippen molar-refractivity contribution in [2.75, 3.05) is 5.73 Å². The van der Waals surface area contributed by atoms with E-state index in [0.29, 0.717) is 12.8 Å². The van der Waals surface area contributed by atoms with Crippen molar-refractivity contribution in [2.24, 2.45) is 0 Å². The molecule has 3 heterocycles. The normalized spacial score (nSPS) is 23.4. The first-order valence-corrected chi connectivity index (χ1v) is 20.8. The van der Waals surface area contributed by atoms with Crippen LogP contribution in [0.15, 0.2) is 57.7 Å². The Morgan fingerprint density at radius 2 is 1.46 bits per heavy atom. The molecule has 0 radical (unpaired) electrons. The van der Waals surface area contributed by atoms with E-state index in [9.17, 15) is 38.5 Å². The molecule has 0 saturated carbocycles. The number of aliphatic hydroxyl groups is 2.